The van der Waals surface area contributed by atoms with Gasteiger partial charge in [-0.2, -0.15) is 0 Å². The maximum absolute atomic E-state index is 5.14. The monoisotopic (exact) mass is 112 g/mol. The number of methoxy groups -OCH3 is 1. The molecular weight excluding hydrogens is 100 g/mol. The van der Waals surface area contributed by atoms with Crippen LogP contribution in [0.4, 0.5) is 0 Å². The summed E-state index contributed by atoms with van der Waals surface area (Å²) in [6.07, 6.45) is 8.41. The van der Waals surface area contributed by atoms with Crippen LogP contribution in [0.3, 0.4) is 0 Å². The fraction of sp³-hybridized carbons (Fsp3) is 0.714. The number of ether oxygens (including phenoxy) is 1. The lowest BCUT2D eigenvalue weighted by molar-refractivity contribution is 0.0954. The Kier molecular flexibility index (Phi) is 2.10. The Labute approximate surface area is 50.3 Å². The zero-order chi connectivity index (χ0) is 5.82. The Morgan fingerprint density at radius 1 is 1.50 bits per heavy atom. The Hall–Kier alpha value is -0.300. The molecule has 0 aromatic carbocycles. The summed E-state index contributed by atoms with van der Waals surface area (Å²) < 4.78 is 5.14. The fourth-order valence-electron chi connectivity index (χ4n) is 0.980. The molecule has 46 valence electrons. The summed E-state index contributed by atoms with van der Waals surface area (Å²) in [6.45, 7) is 0. The third-order valence-electron chi connectivity index (χ3n) is 1.55. The van der Waals surface area contributed by atoms with Crippen LogP contribution in [0.25, 0.3) is 0 Å². The Balaban J connectivity index is 2.27. The van der Waals surface area contributed by atoms with E-state index in [1.165, 1.54) is 12.8 Å². The highest BCUT2D eigenvalue weighted by atomic mass is 16.5. The molecule has 1 nitrogen and oxygen atoms in total. The van der Waals surface area contributed by atoms with E-state index in [-0.39, 0.29) is 0 Å². The van der Waals surface area contributed by atoms with E-state index in [0.717, 1.165) is 6.42 Å². The van der Waals surface area contributed by atoms with E-state index < -0.39 is 0 Å². The maximum Gasteiger partial charge on any atom is 0.0608 e. The predicted octanol–water partition coefficient (Wildman–Crippen LogP) is 1.74. The van der Waals surface area contributed by atoms with Gasteiger partial charge < -0.3 is 4.74 Å². The van der Waals surface area contributed by atoms with E-state index in [0.29, 0.717) is 6.10 Å². The molecule has 0 saturated carbocycles. The average molecular weight is 112 g/mol. The van der Waals surface area contributed by atoms with E-state index in [4.69, 9.17) is 4.74 Å². The Bertz CT molecular complexity index is 86.4. The Morgan fingerprint density at radius 3 is 2.75 bits per heavy atom. The minimum atomic E-state index is 0.500. The van der Waals surface area contributed by atoms with Crippen LogP contribution in [0.2, 0.25) is 0 Å². The first-order chi connectivity index (χ1) is 3.93. The molecule has 0 bridgehead atoms. The molecule has 1 rings (SSSR count). The molecule has 0 radical (unpaired) electrons. The van der Waals surface area contributed by atoms with Crippen LogP contribution < -0.4 is 0 Å². The fourth-order valence-corrected chi connectivity index (χ4v) is 0.980. The second-order valence-electron chi connectivity index (χ2n) is 2.14. The van der Waals surface area contributed by atoms with Gasteiger partial charge in [-0.1, -0.05) is 12.2 Å². The second kappa shape index (κ2) is 2.88. The predicted molar refractivity (Wildman–Crippen MR) is 33.8 cm³/mol. The Morgan fingerprint density at radius 2 is 2.38 bits per heavy atom. The minimum absolute atomic E-state index is 0.500. The first-order valence-electron chi connectivity index (χ1n) is 3.11. The van der Waals surface area contributed by atoms with E-state index in [1.54, 1.807) is 7.11 Å². The highest BCUT2D eigenvalue weighted by Crippen LogP contribution is 2.12. The summed E-state index contributed by atoms with van der Waals surface area (Å²) in [4.78, 5) is 0. The maximum atomic E-state index is 5.14. The van der Waals surface area contributed by atoms with Crippen molar-refractivity contribution in [2.24, 2.45) is 0 Å². The summed E-state index contributed by atoms with van der Waals surface area (Å²) in [7, 11) is 1.78. The van der Waals surface area contributed by atoms with Crippen molar-refractivity contribution in [3.8, 4) is 0 Å². The molecule has 1 aliphatic rings. The molecule has 0 N–H and O–H groups in total. The van der Waals surface area contributed by atoms with Gasteiger partial charge in [0.2, 0.25) is 0 Å². The van der Waals surface area contributed by atoms with Crippen LogP contribution in [0.5, 0.6) is 0 Å². The van der Waals surface area contributed by atoms with Crippen molar-refractivity contribution in [1.29, 1.82) is 0 Å². The van der Waals surface area contributed by atoms with Gasteiger partial charge in [-0.05, 0) is 19.3 Å². The molecule has 1 aliphatic carbocycles. The van der Waals surface area contributed by atoms with Crippen LogP contribution in [-0.4, -0.2) is 13.2 Å². The smallest absolute Gasteiger partial charge is 0.0608 e. The molecule has 1 atom stereocenters. The molecule has 0 aromatic heterocycles. The van der Waals surface area contributed by atoms with Crippen LogP contribution >= 0.6 is 0 Å². The lowest BCUT2D eigenvalue weighted by Gasteiger charge is -2.14. The van der Waals surface area contributed by atoms with Crippen molar-refractivity contribution < 1.29 is 4.74 Å². The van der Waals surface area contributed by atoms with E-state index in [2.05, 4.69) is 12.2 Å². The third kappa shape index (κ3) is 1.34. The molecule has 0 heterocycles. The largest absolute Gasteiger partial charge is 0.381 e. The SMILES string of the molecule is COC1CC=CCC1. The quantitative estimate of drug-likeness (QED) is 0.469. The van der Waals surface area contributed by atoms with Gasteiger partial charge in [-0.3, -0.25) is 0 Å². The van der Waals surface area contributed by atoms with Gasteiger partial charge in [0.1, 0.15) is 0 Å². The highest BCUT2D eigenvalue weighted by Gasteiger charge is 2.05. The zero-order valence-corrected chi connectivity index (χ0v) is 5.26. The van der Waals surface area contributed by atoms with Gasteiger partial charge in [-0.15, -0.1) is 0 Å². The molecule has 0 fully saturated rings. The highest BCUT2D eigenvalue weighted by molar-refractivity contribution is 4.90. The van der Waals surface area contributed by atoms with Gasteiger partial charge in [0.15, 0.2) is 0 Å². The minimum Gasteiger partial charge on any atom is -0.381 e. The van der Waals surface area contributed by atoms with Crippen molar-refractivity contribution in [2.75, 3.05) is 7.11 Å². The molecule has 1 unspecified atom stereocenters. The molecule has 0 aliphatic heterocycles. The lowest BCUT2D eigenvalue weighted by atomic mass is 10.1. The van der Waals surface area contributed by atoms with Crippen molar-refractivity contribution in [3.63, 3.8) is 0 Å². The molecule has 8 heavy (non-hydrogen) atoms. The molecule has 0 spiro atoms. The average Bonchev–Trinajstić information content (AvgIpc) is 1.90. The van der Waals surface area contributed by atoms with E-state index in [1.807, 2.05) is 0 Å². The normalized spacial score (nSPS) is 28.4. The van der Waals surface area contributed by atoms with Gasteiger partial charge in [0.25, 0.3) is 0 Å². The van der Waals surface area contributed by atoms with Gasteiger partial charge >= 0.3 is 0 Å². The van der Waals surface area contributed by atoms with Crippen LogP contribution in [0, 0.1) is 0 Å². The standard InChI is InChI=1S/C7H12O/c1-8-7-5-3-2-4-6-7/h2-3,7H,4-6H2,1H3. The summed E-state index contributed by atoms with van der Waals surface area (Å²) in [6, 6.07) is 0. The summed E-state index contributed by atoms with van der Waals surface area (Å²) in [5.74, 6) is 0. The number of rotatable bonds is 1. The zero-order valence-electron chi connectivity index (χ0n) is 5.26. The van der Waals surface area contributed by atoms with Crippen LogP contribution in [-0.2, 0) is 4.74 Å². The van der Waals surface area contributed by atoms with Gasteiger partial charge in [0, 0.05) is 7.11 Å². The summed E-state index contributed by atoms with van der Waals surface area (Å²) >= 11 is 0. The second-order valence-corrected chi connectivity index (χ2v) is 2.14. The molecule has 1 heteroatoms. The molecule has 0 aromatic rings. The summed E-state index contributed by atoms with van der Waals surface area (Å²) in [5, 5.41) is 0. The number of hydrogen-bond donors (Lipinski definition) is 0. The number of hydrogen-bond acceptors (Lipinski definition) is 1. The molecular formula is C7H12O. The number of allylic oxidation sites excluding steroid dienone is 1. The van der Waals surface area contributed by atoms with Crippen LogP contribution in [0.15, 0.2) is 12.2 Å². The lowest BCUT2D eigenvalue weighted by Crippen LogP contribution is -2.10. The molecule has 0 amide bonds. The van der Waals surface area contributed by atoms with E-state index in [9.17, 15) is 0 Å². The van der Waals surface area contributed by atoms with Gasteiger partial charge in [-0.25, -0.2) is 0 Å². The van der Waals surface area contributed by atoms with Crippen molar-refractivity contribution in [3.05, 3.63) is 12.2 Å². The third-order valence-corrected chi connectivity index (χ3v) is 1.55. The van der Waals surface area contributed by atoms with E-state index >= 15 is 0 Å². The first-order valence-corrected chi connectivity index (χ1v) is 3.11. The van der Waals surface area contributed by atoms with Crippen molar-refractivity contribution in [1.82, 2.24) is 0 Å². The first kappa shape index (κ1) is 5.83. The van der Waals surface area contributed by atoms with Crippen LogP contribution in [0.1, 0.15) is 19.3 Å². The topological polar surface area (TPSA) is 9.23 Å². The van der Waals surface area contributed by atoms with Gasteiger partial charge in [0.05, 0.1) is 6.10 Å². The van der Waals surface area contributed by atoms with Crippen molar-refractivity contribution in [2.45, 2.75) is 25.4 Å². The molecule has 0 saturated heterocycles. The van der Waals surface area contributed by atoms with Crippen molar-refractivity contribution >= 4 is 0 Å². The summed E-state index contributed by atoms with van der Waals surface area (Å²) in [5.41, 5.74) is 0.